The minimum atomic E-state index is -0.957. The SMILES string of the molecule is CC(C)(C)c1cc(C(=O)O)cc(Nc2ccc(Br)cc2)n1. The quantitative estimate of drug-likeness (QED) is 0.851. The number of hydrogen-bond donors (Lipinski definition) is 2. The fourth-order valence-electron chi connectivity index (χ4n) is 1.78. The van der Waals surface area contributed by atoms with E-state index in [-0.39, 0.29) is 11.0 Å². The number of carboxylic acid groups (broad SMARTS) is 1. The Balaban J connectivity index is 2.40. The molecule has 0 radical (unpaired) electrons. The Morgan fingerprint density at radius 2 is 1.81 bits per heavy atom. The van der Waals surface area contributed by atoms with Gasteiger partial charge in [0.15, 0.2) is 0 Å². The van der Waals surface area contributed by atoms with Crippen molar-refractivity contribution in [2.24, 2.45) is 0 Å². The summed E-state index contributed by atoms with van der Waals surface area (Å²) in [5.41, 5.74) is 1.60. The molecule has 110 valence electrons. The monoisotopic (exact) mass is 348 g/mol. The summed E-state index contributed by atoms with van der Waals surface area (Å²) in [6, 6.07) is 10.8. The van der Waals surface area contributed by atoms with Crippen molar-refractivity contribution in [2.75, 3.05) is 5.32 Å². The van der Waals surface area contributed by atoms with E-state index in [1.165, 1.54) is 0 Å². The lowest BCUT2D eigenvalue weighted by molar-refractivity contribution is 0.0696. The third-order valence-corrected chi connectivity index (χ3v) is 3.49. The second kappa shape index (κ2) is 5.85. The van der Waals surface area contributed by atoms with Crippen molar-refractivity contribution in [3.8, 4) is 0 Å². The summed E-state index contributed by atoms with van der Waals surface area (Å²) in [5, 5.41) is 12.4. The van der Waals surface area contributed by atoms with E-state index in [9.17, 15) is 9.90 Å². The van der Waals surface area contributed by atoms with Gasteiger partial charge in [0.05, 0.1) is 5.56 Å². The van der Waals surface area contributed by atoms with Gasteiger partial charge in [0.25, 0.3) is 0 Å². The molecule has 0 amide bonds. The molecule has 0 saturated heterocycles. The zero-order valence-electron chi connectivity index (χ0n) is 12.1. The van der Waals surface area contributed by atoms with E-state index in [1.807, 2.05) is 45.0 Å². The van der Waals surface area contributed by atoms with E-state index in [0.717, 1.165) is 15.9 Å². The lowest BCUT2D eigenvalue weighted by Gasteiger charge is -2.19. The Kier molecular flexibility index (Phi) is 4.32. The van der Waals surface area contributed by atoms with Crippen molar-refractivity contribution in [3.63, 3.8) is 0 Å². The molecule has 0 fully saturated rings. The van der Waals surface area contributed by atoms with E-state index in [2.05, 4.69) is 26.2 Å². The molecule has 0 unspecified atom stereocenters. The Labute approximate surface area is 132 Å². The second-order valence-corrected chi connectivity index (χ2v) is 6.73. The first kappa shape index (κ1) is 15.5. The fraction of sp³-hybridized carbons (Fsp3) is 0.250. The van der Waals surface area contributed by atoms with Crippen LogP contribution in [0.5, 0.6) is 0 Å². The highest BCUT2D eigenvalue weighted by Crippen LogP contribution is 2.25. The number of anilines is 2. The first-order valence-electron chi connectivity index (χ1n) is 6.54. The van der Waals surface area contributed by atoms with Gasteiger partial charge in [-0.3, -0.25) is 0 Å². The maximum absolute atomic E-state index is 11.3. The number of pyridine rings is 1. The van der Waals surface area contributed by atoms with Gasteiger partial charge in [-0.15, -0.1) is 0 Å². The topological polar surface area (TPSA) is 62.2 Å². The van der Waals surface area contributed by atoms with Crippen LogP contribution in [-0.2, 0) is 5.41 Å². The van der Waals surface area contributed by atoms with Crippen LogP contribution < -0.4 is 5.32 Å². The molecule has 0 aliphatic rings. The molecule has 0 aliphatic carbocycles. The van der Waals surface area contributed by atoms with E-state index in [1.54, 1.807) is 12.1 Å². The zero-order valence-corrected chi connectivity index (χ0v) is 13.7. The average molecular weight is 349 g/mol. The lowest BCUT2D eigenvalue weighted by atomic mass is 9.91. The molecule has 1 aromatic carbocycles. The molecule has 5 heteroatoms. The molecule has 1 aromatic heterocycles. The highest BCUT2D eigenvalue weighted by Gasteiger charge is 2.19. The van der Waals surface area contributed by atoms with E-state index in [4.69, 9.17) is 0 Å². The smallest absolute Gasteiger partial charge is 0.335 e. The minimum Gasteiger partial charge on any atom is -0.478 e. The molecule has 4 nitrogen and oxygen atoms in total. The number of carbonyl (C=O) groups is 1. The average Bonchev–Trinajstić information content (AvgIpc) is 2.40. The van der Waals surface area contributed by atoms with Crippen LogP contribution >= 0.6 is 15.9 Å². The Bertz CT molecular complexity index is 661. The second-order valence-electron chi connectivity index (χ2n) is 5.81. The summed E-state index contributed by atoms with van der Waals surface area (Å²) >= 11 is 3.38. The molecule has 2 N–H and O–H groups in total. The number of hydrogen-bond acceptors (Lipinski definition) is 3. The molecule has 21 heavy (non-hydrogen) atoms. The summed E-state index contributed by atoms with van der Waals surface area (Å²) in [6.45, 7) is 6.01. The predicted molar refractivity (Wildman–Crippen MR) is 87.3 cm³/mol. The zero-order chi connectivity index (χ0) is 15.6. The molecule has 0 bridgehead atoms. The van der Waals surface area contributed by atoms with E-state index >= 15 is 0 Å². The molecule has 0 saturated carbocycles. The Morgan fingerprint density at radius 3 is 2.33 bits per heavy atom. The number of halogens is 1. The summed E-state index contributed by atoms with van der Waals surface area (Å²) in [5.74, 6) is -0.427. The van der Waals surface area contributed by atoms with Crippen LogP contribution in [0.25, 0.3) is 0 Å². The third-order valence-electron chi connectivity index (χ3n) is 2.96. The molecular formula is C16H17BrN2O2. The number of aromatic nitrogens is 1. The predicted octanol–water partition coefficient (Wildman–Crippen LogP) is 4.58. The Morgan fingerprint density at radius 1 is 1.19 bits per heavy atom. The standard InChI is InChI=1S/C16H17BrN2O2/c1-16(2,3)13-8-10(15(20)21)9-14(19-13)18-12-6-4-11(17)5-7-12/h4-9H,1-3H3,(H,18,19)(H,20,21). The Hall–Kier alpha value is -1.88. The highest BCUT2D eigenvalue weighted by atomic mass is 79.9. The van der Waals surface area contributed by atoms with Crippen LogP contribution in [0.15, 0.2) is 40.9 Å². The number of aromatic carboxylic acids is 1. The van der Waals surface area contributed by atoms with Crippen LogP contribution in [0.3, 0.4) is 0 Å². The summed E-state index contributed by atoms with van der Waals surface area (Å²) in [4.78, 5) is 15.8. The number of benzene rings is 1. The normalized spacial score (nSPS) is 11.2. The van der Waals surface area contributed by atoms with Crippen LogP contribution in [-0.4, -0.2) is 16.1 Å². The molecule has 0 aliphatic heterocycles. The summed E-state index contributed by atoms with van der Waals surface area (Å²) in [6.07, 6.45) is 0. The highest BCUT2D eigenvalue weighted by molar-refractivity contribution is 9.10. The first-order valence-corrected chi connectivity index (χ1v) is 7.33. The molecular weight excluding hydrogens is 332 g/mol. The molecule has 0 spiro atoms. The first-order chi connectivity index (χ1) is 9.75. The fourth-order valence-corrected chi connectivity index (χ4v) is 2.05. The van der Waals surface area contributed by atoms with Crippen LogP contribution in [0.2, 0.25) is 0 Å². The van der Waals surface area contributed by atoms with E-state index in [0.29, 0.717) is 5.82 Å². The van der Waals surface area contributed by atoms with Gasteiger partial charge in [-0.25, -0.2) is 9.78 Å². The van der Waals surface area contributed by atoms with Gasteiger partial charge >= 0.3 is 5.97 Å². The van der Waals surface area contributed by atoms with Crippen molar-refractivity contribution in [1.82, 2.24) is 4.98 Å². The molecule has 2 rings (SSSR count). The van der Waals surface area contributed by atoms with Crippen LogP contribution in [0, 0.1) is 0 Å². The van der Waals surface area contributed by atoms with Crippen LogP contribution in [0.4, 0.5) is 11.5 Å². The maximum Gasteiger partial charge on any atom is 0.335 e. The van der Waals surface area contributed by atoms with Gasteiger partial charge in [0.2, 0.25) is 0 Å². The van der Waals surface area contributed by atoms with Gasteiger partial charge in [0, 0.05) is 21.3 Å². The van der Waals surface area contributed by atoms with E-state index < -0.39 is 5.97 Å². The maximum atomic E-state index is 11.3. The van der Waals surface area contributed by atoms with Gasteiger partial charge in [-0.2, -0.15) is 0 Å². The lowest BCUT2D eigenvalue weighted by Crippen LogP contribution is -2.16. The van der Waals surface area contributed by atoms with Crippen LogP contribution in [0.1, 0.15) is 36.8 Å². The van der Waals surface area contributed by atoms with Gasteiger partial charge in [-0.05, 0) is 36.4 Å². The minimum absolute atomic E-state index is 0.221. The van der Waals surface area contributed by atoms with Gasteiger partial charge < -0.3 is 10.4 Å². The van der Waals surface area contributed by atoms with Crippen molar-refractivity contribution in [3.05, 3.63) is 52.1 Å². The molecule has 1 heterocycles. The van der Waals surface area contributed by atoms with Gasteiger partial charge in [-0.1, -0.05) is 36.7 Å². The van der Waals surface area contributed by atoms with Crippen molar-refractivity contribution in [1.29, 1.82) is 0 Å². The largest absolute Gasteiger partial charge is 0.478 e. The van der Waals surface area contributed by atoms with Gasteiger partial charge in [0.1, 0.15) is 5.82 Å². The summed E-state index contributed by atoms with van der Waals surface area (Å²) in [7, 11) is 0. The van der Waals surface area contributed by atoms with Crippen molar-refractivity contribution in [2.45, 2.75) is 26.2 Å². The third kappa shape index (κ3) is 4.04. The number of nitrogens with zero attached hydrogens (tertiary/aromatic N) is 1. The molecule has 0 atom stereocenters. The summed E-state index contributed by atoms with van der Waals surface area (Å²) < 4.78 is 0.982. The van der Waals surface area contributed by atoms with Crippen molar-refractivity contribution < 1.29 is 9.90 Å². The van der Waals surface area contributed by atoms with Crippen molar-refractivity contribution >= 4 is 33.4 Å². The molecule has 2 aromatic rings. The number of carboxylic acids is 1. The number of rotatable bonds is 3. The number of nitrogens with one attached hydrogen (secondary N) is 1.